The average molecular weight is 328 g/mol. The minimum atomic E-state index is -4.52. The Hall–Kier alpha value is -2.49. The Kier molecular flexibility index (Phi) is 3.32. The molecule has 3 aromatic rings. The van der Waals surface area contributed by atoms with Gasteiger partial charge in [-0.05, 0) is 13.0 Å². The van der Waals surface area contributed by atoms with Crippen molar-refractivity contribution in [3.05, 3.63) is 39.4 Å². The summed E-state index contributed by atoms with van der Waals surface area (Å²) in [6, 6.07) is 2.76. The van der Waals surface area contributed by atoms with Crippen molar-refractivity contribution in [2.45, 2.75) is 13.1 Å². The van der Waals surface area contributed by atoms with E-state index in [1.165, 1.54) is 25.3 Å². The van der Waals surface area contributed by atoms with Gasteiger partial charge in [-0.15, -0.1) is 11.3 Å². The molecule has 0 aliphatic rings. The quantitative estimate of drug-likeness (QED) is 0.782. The summed E-state index contributed by atoms with van der Waals surface area (Å²) in [5.41, 5.74) is 0.349. The summed E-state index contributed by atoms with van der Waals surface area (Å²) in [5.74, 6) is 0.110. The highest BCUT2D eigenvalue weighted by Crippen LogP contribution is 2.38. The van der Waals surface area contributed by atoms with E-state index < -0.39 is 11.2 Å². The lowest BCUT2D eigenvalue weighted by atomic mass is 10.3. The molecule has 0 amide bonds. The smallest absolute Gasteiger partial charge is 0.333 e. The summed E-state index contributed by atoms with van der Waals surface area (Å²) in [4.78, 5) is 21.1. The van der Waals surface area contributed by atoms with Crippen LogP contribution in [0.2, 0.25) is 0 Å². The molecule has 114 valence electrons. The van der Waals surface area contributed by atoms with E-state index in [1.807, 2.05) is 0 Å². The molecule has 0 saturated carbocycles. The molecule has 0 saturated heterocycles. The molecule has 0 aliphatic carbocycles. The van der Waals surface area contributed by atoms with Gasteiger partial charge in [0.1, 0.15) is 4.88 Å². The summed E-state index contributed by atoms with van der Waals surface area (Å²) in [6.07, 6.45) is -3.13. The fraction of sp³-hybridized carbons (Fsp3) is 0.167. The maximum atomic E-state index is 12.7. The number of aromatic amines is 1. The minimum Gasteiger partial charge on any atom is -0.333 e. The summed E-state index contributed by atoms with van der Waals surface area (Å²) in [6.45, 7) is 1.44. The van der Waals surface area contributed by atoms with Crippen LogP contribution in [-0.2, 0) is 6.18 Å². The topological polar surface area (TPSA) is 84.7 Å². The number of aryl methyl sites for hydroxylation is 1. The van der Waals surface area contributed by atoms with Gasteiger partial charge in [0, 0.05) is 17.8 Å². The number of nitrogens with zero attached hydrogens (tertiary/aromatic N) is 3. The largest absolute Gasteiger partial charge is 0.443 e. The monoisotopic (exact) mass is 328 g/mol. The van der Waals surface area contributed by atoms with Crippen molar-refractivity contribution < 1.29 is 17.7 Å². The number of H-pyrrole nitrogens is 1. The van der Waals surface area contributed by atoms with E-state index in [0.717, 1.165) is 0 Å². The van der Waals surface area contributed by atoms with E-state index in [4.69, 9.17) is 4.52 Å². The van der Waals surface area contributed by atoms with Crippen molar-refractivity contribution in [1.29, 1.82) is 0 Å². The van der Waals surface area contributed by atoms with E-state index in [9.17, 15) is 18.0 Å². The van der Waals surface area contributed by atoms with Gasteiger partial charge in [-0.3, -0.25) is 4.79 Å². The number of thiazole rings is 1. The second-order valence-electron chi connectivity index (χ2n) is 4.30. The molecule has 10 heteroatoms. The standard InChI is InChI=1S/C12H7F3N4O2S/c1-5-8(22-11(17-5)12(13,14)15)10-18-9(19-21-10)6-2-3-7(20)16-4-6/h2-4H,1H3,(H,16,20). The molecule has 3 rings (SSSR count). The highest BCUT2D eigenvalue weighted by atomic mass is 32.1. The third kappa shape index (κ3) is 2.64. The van der Waals surface area contributed by atoms with Crippen LogP contribution in [-0.4, -0.2) is 20.1 Å². The molecular formula is C12H7F3N4O2S. The number of aromatic nitrogens is 4. The molecule has 22 heavy (non-hydrogen) atoms. The van der Waals surface area contributed by atoms with Crippen molar-refractivity contribution in [2.24, 2.45) is 0 Å². The van der Waals surface area contributed by atoms with Crippen molar-refractivity contribution in [1.82, 2.24) is 20.1 Å². The maximum absolute atomic E-state index is 12.7. The third-order valence-corrected chi connectivity index (χ3v) is 3.89. The van der Waals surface area contributed by atoms with Crippen LogP contribution in [0.5, 0.6) is 0 Å². The summed E-state index contributed by atoms with van der Waals surface area (Å²) in [7, 11) is 0. The van der Waals surface area contributed by atoms with E-state index in [-0.39, 0.29) is 27.8 Å². The van der Waals surface area contributed by atoms with Gasteiger partial charge in [-0.25, -0.2) is 4.98 Å². The normalized spacial score (nSPS) is 11.8. The molecule has 0 bridgehead atoms. The zero-order valence-electron chi connectivity index (χ0n) is 10.9. The lowest BCUT2D eigenvalue weighted by molar-refractivity contribution is -0.137. The van der Waals surface area contributed by atoms with Gasteiger partial charge in [0.05, 0.1) is 5.69 Å². The lowest BCUT2D eigenvalue weighted by Gasteiger charge is -1.98. The number of alkyl halides is 3. The first-order chi connectivity index (χ1) is 10.3. The number of hydrogen-bond acceptors (Lipinski definition) is 6. The van der Waals surface area contributed by atoms with Crippen molar-refractivity contribution in [3.8, 4) is 22.2 Å². The molecule has 0 unspecified atom stereocenters. The van der Waals surface area contributed by atoms with Gasteiger partial charge in [-0.2, -0.15) is 18.2 Å². The molecule has 0 aliphatic heterocycles. The lowest BCUT2D eigenvalue weighted by Crippen LogP contribution is -2.03. The number of rotatable bonds is 2. The first-order valence-electron chi connectivity index (χ1n) is 5.92. The SMILES string of the molecule is Cc1nc(C(F)(F)F)sc1-c1nc(-c2ccc(=O)[nH]c2)no1. The molecule has 0 atom stereocenters. The number of pyridine rings is 1. The summed E-state index contributed by atoms with van der Waals surface area (Å²) >= 11 is 0.440. The number of hydrogen-bond donors (Lipinski definition) is 1. The Morgan fingerprint density at radius 3 is 2.64 bits per heavy atom. The zero-order chi connectivity index (χ0) is 15.9. The Labute approximate surface area is 124 Å². The summed E-state index contributed by atoms with van der Waals surface area (Å²) in [5, 5.41) is 2.73. The maximum Gasteiger partial charge on any atom is 0.443 e. The van der Waals surface area contributed by atoms with Gasteiger partial charge >= 0.3 is 6.18 Å². The molecule has 6 nitrogen and oxygen atoms in total. The highest BCUT2D eigenvalue weighted by molar-refractivity contribution is 7.15. The van der Waals surface area contributed by atoms with Crippen LogP contribution < -0.4 is 5.56 Å². The van der Waals surface area contributed by atoms with E-state index >= 15 is 0 Å². The third-order valence-electron chi connectivity index (χ3n) is 2.70. The summed E-state index contributed by atoms with van der Waals surface area (Å²) < 4.78 is 42.9. The molecule has 0 radical (unpaired) electrons. The number of halogens is 3. The predicted molar refractivity (Wildman–Crippen MR) is 71.2 cm³/mol. The van der Waals surface area contributed by atoms with Crippen LogP contribution in [0.1, 0.15) is 10.7 Å². The molecule has 0 fully saturated rings. The zero-order valence-corrected chi connectivity index (χ0v) is 11.7. The first-order valence-corrected chi connectivity index (χ1v) is 6.74. The van der Waals surface area contributed by atoms with Crippen LogP contribution in [0.25, 0.3) is 22.2 Å². The molecular weight excluding hydrogens is 321 g/mol. The molecule has 3 heterocycles. The highest BCUT2D eigenvalue weighted by Gasteiger charge is 2.36. The van der Waals surface area contributed by atoms with Crippen LogP contribution in [0.15, 0.2) is 27.6 Å². The molecule has 1 N–H and O–H groups in total. The van der Waals surface area contributed by atoms with Crippen LogP contribution in [0, 0.1) is 6.92 Å². The van der Waals surface area contributed by atoms with Crippen molar-refractivity contribution >= 4 is 11.3 Å². The minimum absolute atomic E-state index is 0.0494. The Balaban J connectivity index is 1.99. The van der Waals surface area contributed by atoms with Crippen LogP contribution in [0.3, 0.4) is 0 Å². The predicted octanol–water partition coefficient (Wildman–Crippen LogP) is 2.88. The molecule has 3 aromatic heterocycles. The van der Waals surface area contributed by atoms with E-state index in [1.54, 1.807) is 0 Å². The van der Waals surface area contributed by atoms with Gasteiger partial charge in [-0.1, -0.05) is 5.16 Å². The molecule has 0 spiro atoms. The fourth-order valence-corrected chi connectivity index (χ4v) is 2.55. The Morgan fingerprint density at radius 1 is 1.27 bits per heavy atom. The molecule has 0 aromatic carbocycles. The van der Waals surface area contributed by atoms with E-state index in [2.05, 4.69) is 20.1 Å². The van der Waals surface area contributed by atoms with Gasteiger partial charge in [0.2, 0.25) is 11.4 Å². The van der Waals surface area contributed by atoms with E-state index in [0.29, 0.717) is 16.9 Å². The number of nitrogens with one attached hydrogen (secondary N) is 1. The van der Waals surface area contributed by atoms with Crippen molar-refractivity contribution in [3.63, 3.8) is 0 Å². The van der Waals surface area contributed by atoms with Gasteiger partial charge in [0.25, 0.3) is 5.89 Å². The Morgan fingerprint density at radius 2 is 2.05 bits per heavy atom. The second-order valence-corrected chi connectivity index (χ2v) is 5.30. The van der Waals surface area contributed by atoms with Crippen LogP contribution >= 0.6 is 11.3 Å². The Bertz CT molecular complexity index is 861. The van der Waals surface area contributed by atoms with Crippen molar-refractivity contribution in [2.75, 3.05) is 0 Å². The average Bonchev–Trinajstić information content (AvgIpc) is 3.05. The van der Waals surface area contributed by atoms with Gasteiger partial charge in [0.15, 0.2) is 5.01 Å². The second kappa shape index (κ2) is 5.05. The first kappa shape index (κ1) is 14.4. The van der Waals surface area contributed by atoms with Gasteiger partial charge < -0.3 is 9.51 Å². The fourth-order valence-electron chi connectivity index (χ4n) is 1.70. The van der Waals surface area contributed by atoms with Crippen LogP contribution in [0.4, 0.5) is 13.2 Å².